The van der Waals surface area contributed by atoms with Gasteiger partial charge in [-0.15, -0.1) is 0 Å². The summed E-state index contributed by atoms with van der Waals surface area (Å²) in [4.78, 5) is 11.2. The van der Waals surface area contributed by atoms with Crippen LogP contribution in [0.3, 0.4) is 0 Å². The number of hydrogen-bond acceptors (Lipinski definition) is 3. The maximum Gasteiger partial charge on any atom is 0.431 e. The zero-order chi connectivity index (χ0) is 12.1. The summed E-state index contributed by atoms with van der Waals surface area (Å²) in [6.45, 7) is 3.06. The van der Waals surface area contributed by atoms with Crippen LogP contribution in [0.1, 0.15) is 20.3 Å². The minimum atomic E-state index is -4.56. The van der Waals surface area contributed by atoms with E-state index >= 15 is 0 Å². The molecule has 0 heterocycles. The summed E-state index contributed by atoms with van der Waals surface area (Å²) < 4.78 is 41.8. The monoisotopic (exact) mass is 225 g/mol. The molecule has 0 bridgehead atoms. The molecule has 0 aliphatic heterocycles. The second-order valence-electron chi connectivity index (χ2n) is 2.68. The lowest BCUT2D eigenvalue weighted by atomic mass is 10.1. The molecule has 88 valence electrons. The lowest BCUT2D eigenvalue weighted by Crippen LogP contribution is -2.28. The van der Waals surface area contributed by atoms with Gasteiger partial charge in [0.05, 0.1) is 12.2 Å². The van der Waals surface area contributed by atoms with Gasteiger partial charge < -0.3 is 10.1 Å². The Labute approximate surface area is 86.3 Å². The van der Waals surface area contributed by atoms with Crippen molar-refractivity contribution in [1.29, 1.82) is 0 Å². The molecule has 0 saturated heterocycles. The second-order valence-corrected chi connectivity index (χ2v) is 2.68. The van der Waals surface area contributed by atoms with E-state index in [0.29, 0.717) is 0 Å². The zero-order valence-corrected chi connectivity index (χ0v) is 8.86. The number of rotatable bonds is 4. The summed E-state index contributed by atoms with van der Waals surface area (Å²) in [5, 5.41) is 1.99. The number of alkyl halides is 3. The van der Waals surface area contributed by atoms with Crippen LogP contribution in [0.25, 0.3) is 0 Å². The molecule has 0 spiro atoms. The predicted octanol–water partition coefficient (Wildman–Crippen LogP) is 2.00. The first-order valence-corrected chi connectivity index (χ1v) is 4.53. The topological polar surface area (TPSA) is 38.3 Å². The van der Waals surface area contributed by atoms with Crippen molar-refractivity contribution in [3.63, 3.8) is 0 Å². The molecule has 0 aromatic carbocycles. The number of carbonyl (C=O) groups excluding carboxylic acids is 1. The van der Waals surface area contributed by atoms with Gasteiger partial charge in [-0.3, -0.25) is 0 Å². The average Bonchev–Trinajstić information content (AvgIpc) is 2.11. The maximum atomic E-state index is 12.4. The fraction of sp³-hybridized carbons (Fsp3) is 0.667. The van der Waals surface area contributed by atoms with E-state index in [4.69, 9.17) is 0 Å². The molecule has 0 rings (SSSR count). The van der Waals surface area contributed by atoms with Crippen molar-refractivity contribution in [2.45, 2.75) is 26.4 Å². The van der Waals surface area contributed by atoms with Crippen molar-refractivity contribution in [3.8, 4) is 0 Å². The summed E-state index contributed by atoms with van der Waals surface area (Å²) in [6.07, 6.45) is -4.60. The van der Waals surface area contributed by atoms with E-state index in [2.05, 4.69) is 4.74 Å². The Morgan fingerprint density at radius 2 is 1.87 bits per heavy atom. The molecule has 0 aromatic rings. The van der Waals surface area contributed by atoms with Gasteiger partial charge in [0, 0.05) is 7.05 Å². The first kappa shape index (κ1) is 13.8. The number of halogens is 3. The molecule has 0 aliphatic carbocycles. The third-order valence-corrected chi connectivity index (χ3v) is 1.71. The smallest absolute Gasteiger partial charge is 0.431 e. The molecule has 0 aromatic heterocycles. The largest absolute Gasteiger partial charge is 0.463 e. The first-order chi connectivity index (χ1) is 6.88. The minimum Gasteiger partial charge on any atom is -0.463 e. The SMILES string of the molecule is CCOC(=O)C(CC)=C(NC)C(F)(F)F. The third kappa shape index (κ3) is 3.81. The van der Waals surface area contributed by atoms with E-state index in [9.17, 15) is 18.0 Å². The van der Waals surface area contributed by atoms with Crippen molar-refractivity contribution >= 4 is 5.97 Å². The van der Waals surface area contributed by atoms with E-state index in [0.717, 1.165) is 7.05 Å². The molecule has 3 nitrogen and oxygen atoms in total. The molecule has 0 radical (unpaired) electrons. The van der Waals surface area contributed by atoms with Crippen molar-refractivity contribution < 1.29 is 22.7 Å². The van der Waals surface area contributed by atoms with Gasteiger partial charge in [0.15, 0.2) is 0 Å². The van der Waals surface area contributed by atoms with Gasteiger partial charge in [0.25, 0.3) is 0 Å². The number of carbonyl (C=O) groups is 1. The Bertz CT molecular complexity index is 259. The summed E-state index contributed by atoms with van der Waals surface area (Å²) in [5.74, 6) is -0.929. The summed E-state index contributed by atoms with van der Waals surface area (Å²) >= 11 is 0. The minimum absolute atomic E-state index is 0.0332. The summed E-state index contributed by atoms with van der Waals surface area (Å²) in [7, 11) is 1.12. The Morgan fingerprint density at radius 1 is 1.33 bits per heavy atom. The van der Waals surface area contributed by atoms with Crippen LogP contribution in [0.4, 0.5) is 13.2 Å². The van der Waals surface area contributed by atoms with Crippen LogP contribution < -0.4 is 5.32 Å². The maximum absolute atomic E-state index is 12.4. The molecule has 0 unspecified atom stereocenters. The Balaban J connectivity index is 5.16. The van der Waals surface area contributed by atoms with Gasteiger partial charge in [0.2, 0.25) is 0 Å². The molecular weight excluding hydrogens is 211 g/mol. The van der Waals surface area contributed by atoms with Crippen LogP contribution in [-0.2, 0) is 9.53 Å². The van der Waals surface area contributed by atoms with Crippen molar-refractivity contribution in [2.24, 2.45) is 0 Å². The fourth-order valence-electron chi connectivity index (χ4n) is 1.11. The van der Waals surface area contributed by atoms with Gasteiger partial charge in [-0.1, -0.05) is 6.92 Å². The highest BCUT2D eigenvalue weighted by Gasteiger charge is 2.37. The Kier molecular flexibility index (Phi) is 5.18. The van der Waals surface area contributed by atoms with Gasteiger partial charge in [0.1, 0.15) is 5.70 Å². The summed E-state index contributed by atoms with van der Waals surface area (Å²) in [6, 6.07) is 0. The third-order valence-electron chi connectivity index (χ3n) is 1.71. The van der Waals surface area contributed by atoms with Crippen molar-refractivity contribution in [2.75, 3.05) is 13.7 Å². The van der Waals surface area contributed by atoms with Gasteiger partial charge >= 0.3 is 12.1 Å². The molecular formula is C9H14F3NO2. The lowest BCUT2D eigenvalue weighted by Gasteiger charge is -2.15. The second kappa shape index (κ2) is 5.63. The molecule has 0 amide bonds. The standard InChI is InChI=1S/C9H14F3NO2/c1-4-6(8(14)15-5-2)7(13-3)9(10,11)12/h13H,4-5H2,1-3H3. The molecule has 0 aliphatic rings. The quantitative estimate of drug-likeness (QED) is 0.587. The van der Waals surface area contributed by atoms with Crippen LogP contribution in [-0.4, -0.2) is 25.8 Å². The highest BCUT2D eigenvalue weighted by Crippen LogP contribution is 2.27. The highest BCUT2D eigenvalue weighted by molar-refractivity contribution is 5.89. The molecule has 6 heteroatoms. The number of nitrogens with one attached hydrogen (secondary N) is 1. The predicted molar refractivity (Wildman–Crippen MR) is 49.1 cm³/mol. The van der Waals surface area contributed by atoms with Crippen LogP contribution in [0.2, 0.25) is 0 Å². The lowest BCUT2D eigenvalue weighted by molar-refractivity contribution is -0.140. The van der Waals surface area contributed by atoms with Gasteiger partial charge in [-0.2, -0.15) is 13.2 Å². The Hall–Kier alpha value is -1.20. The van der Waals surface area contributed by atoms with Gasteiger partial charge in [-0.05, 0) is 13.3 Å². The van der Waals surface area contributed by atoms with Crippen molar-refractivity contribution in [3.05, 3.63) is 11.3 Å². The van der Waals surface area contributed by atoms with Crippen LogP contribution in [0.15, 0.2) is 11.3 Å². The van der Waals surface area contributed by atoms with E-state index < -0.39 is 17.8 Å². The van der Waals surface area contributed by atoms with E-state index in [1.54, 1.807) is 0 Å². The molecule has 0 fully saturated rings. The van der Waals surface area contributed by atoms with Crippen LogP contribution >= 0.6 is 0 Å². The fourth-order valence-corrected chi connectivity index (χ4v) is 1.11. The van der Waals surface area contributed by atoms with Gasteiger partial charge in [-0.25, -0.2) is 4.79 Å². The Morgan fingerprint density at radius 3 is 2.13 bits per heavy atom. The van der Waals surface area contributed by atoms with Crippen molar-refractivity contribution in [1.82, 2.24) is 5.32 Å². The summed E-state index contributed by atoms with van der Waals surface area (Å²) in [5.41, 5.74) is -1.42. The van der Waals surface area contributed by atoms with E-state index in [-0.39, 0.29) is 18.6 Å². The normalized spacial score (nSPS) is 13.2. The molecule has 0 atom stereocenters. The first-order valence-electron chi connectivity index (χ1n) is 4.53. The van der Waals surface area contributed by atoms with E-state index in [1.165, 1.54) is 13.8 Å². The number of hydrogen-bond donors (Lipinski definition) is 1. The zero-order valence-electron chi connectivity index (χ0n) is 8.86. The van der Waals surface area contributed by atoms with E-state index in [1.807, 2.05) is 5.32 Å². The molecule has 1 N–H and O–H groups in total. The highest BCUT2D eigenvalue weighted by atomic mass is 19.4. The number of ether oxygens (including phenoxy) is 1. The molecule has 0 saturated carbocycles. The van der Waals surface area contributed by atoms with Crippen LogP contribution in [0.5, 0.6) is 0 Å². The average molecular weight is 225 g/mol. The number of allylic oxidation sites excluding steroid dienone is 1. The molecule has 15 heavy (non-hydrogen) atoms. The number of esters is 1. The van der Waals surface area contributed by atoms with Crippen LogP contribution in [0, 0.1) is 0 Å².